The monoisotopic (exact) mass is 376 g/mol. The van der Waals surface area contributed by atoms with E-state index in [2.05, 4.69) is 14.7 Å². The predicted octanol–water partition coefficient (Wildman–Crippen LogP) is 5.80. The Bertz CT molecular complexity index is 872. The lowest BCUT2D eigenvalue weighted by Crippen LogP contribution is -2.17. The van der Waals surface area contributed by atoms with Crippen LogP contribution in [0.3, 0.4) is 0 Å². The second-order valence-corrected chi connectivity index (χ2v) is 5.60. The van der Waals surface area contributed by atoms with Crippen LogP contribution in [0.1, 0.15) is 11.1 Å². The third-order valence-electron chi connectivity index (χ3n) is 3.37. The molecule has 0 saturated carbocycles. The molecule has 0 spiro atoms. The van der Waals surface area contributed by atoms with Crippen LogP contribution >= 0.6 is 11.6 Å². The van der Waals surface area contributed by atoms with E-state index in [4.69, 9.17) is 11.6 Å². The molecule has 2 aromatic carbocycles. The van der Waals surface area contributed by atoms with Crippen LogP contribution in [-0.2, 0) is 0 Å². The van der Waals surface area contributed by atoms with Gasteiger partial charge in [0.15, 0.2) is 5.75 Å². The van der Waals surface area contributed by atoms with Crippen molar-refractivity contribution in [2.75, 3.05) is 0 Å². The first kappa shape index (κ1) is 17.9. The lowest BCUT2D eigenvalue weighted by atomic mass is 10.0. The molecule has 1 aromatic heterocycles. The van der Waals surface area contributed by atoms with Gasteiger partial charge in [0.05, 0.1) is 11.9 Å². The largest absolute Gasteiger partial charge is 0.573 e. The fourth-order valence-corrected chi connectivity index (χ4v) is 2.46. The molecular formula is C19H12ClF3N2O. The molecule has 0 atom stereocenters. The highest BCUT2D eigenvalue weighted by molar-refractivity contribution is 6.29. The van der Waals surface area contributed by atoms with E-state index in [1.165, 1.54) is 6.07 Å². The fourth-order valence-electron chi connectivity index (χ4n) is 2.31. The van der Waals surface area contributed by atoms with Crippen molar-refractivity contribution in [3.63, 3.8) is 0 Å². The topological polar surface area (TPSA) is 34.5 Å². The average molecular weight is 377 g/mol. The van der Waals surface area contributed by atoms with Gasteiger partial charge >= 0.3 is 6.36 Å². The van der Waals surface area contributed by atoms with Gasteiger partial charge in [-0.15, -0.1) is 13.2 Å². The first-order valence-corrected chi connectivity index (χ1v) is 7.91. The first-order chi connectivity index (χ1) is 12.4. The molecule has 0 radical (unpaired) electrons. The Balaban J connectivity index is 2.16. The van der Waals surface area contributed by atoms with Gasteiger partial charge in [0.1, 0.15) is 10.8 Å². The number of rotatable bonds is 4. The second-order valence-electron chi connectivity index (χ2n) is 5.22. The molecule has 0 amide bonds. The van der Waals surface area contributed by atoms with Gasteiger partial charge < -0.3 is 4.74 Å². The van der Waals surface area contributed by atoms with E-state index < -0.39 is 12.1 Å². The Hall–Kier alpha value is -2.86. The summed E-state index contributed by atoms with van der Waals surface area (Å²) < 4.78 is 42.1. The average Bonchev–Trinajstić information content (AvgIpc) is 2.62. The molecule has 3 rings (SSSR count). The number of aliphatic imine (C=N–C) groups is 1. The molecule has 0 saturated heterocycles. The molecule has 0 bridgehead atoms. The van der Waals surface area contributed by atoms with E-state index >= 15 is 0 Å². The maximum Gasteiger partial charge on any atom is 0.573 e. The summed E-state index contributed by atoms with van der Waals surface area (Å²) in [7, 11) is 0. The second kappa shape index (κ2) is 7.58. The van der Waals surface area contributed by atoms with E-state index in [9.17, 15) is 13.2 Å². The summed E-state index contributed by atoms with van der Waals surface area (Å²) >= 11 is 5.85. The summed E-state index contributed by atoms with van der Waals surface area (Å²) in [4.78, 5) is 8.06. The Kier molecular flexibility index (Phi) is 5.23. The number of nitrogens with zero attached hydrogens (tertiary/aromatic N) is 2. The number of aromatic nitrogens is 1. The Morgan fingerprint density at radius 1 is 0.923 bits per heavy atom. The number of benzene rings is 2. The summed E-state index contributed by atoms with van der Waals surface area (Å²) in [6.45, 7) is 0. The van der Waals surface area contributed by atoms with E-state index in [0.717, 1.165) is 17.3 Å². The van der Waals surface area contributed by atoms with Crippen molar-refractivity contribution in [3.05, 3.63) is 89.2 Å². The van der Waals surface area contributed by atoms with Crippen molar-refractivity contribution >= 4 is 23.0 Å². The van der Waals surface area contributed by atoms with Crippen molar-refractivity contribution < 1.29 is 17.9 Å². The molecule has 3 nitrogen and oxygen atoms in total. The molecule has 0 fully saturated rings. The summed E-state index contributed by atoms with van der Waals surface area (Å²) in [5.41, 5.74) is 1.90. The van der Waals surface area contributed by atoms with Gasteiger partial charge in [-0.1, -0.05) is 72.3 Å². The van der Waals surface area contributed by atoms with Crippen LogP contribution in [0, 0.1) is 0 Å². The quantitative estimate of drug-likeness (QED) is 0.426. The van der Waals surface area contributed by atoms with Crippen molar-refractivity contribution in [1.29, 1.82) is 0 Å². The van der Waals surface area contributed by atoms with Crippen LogP contribution in [0.2, 0.25) is 5.15 Å². The van der Waals surface area contributed by atoms with Crippen molar-refractivity contribution in [2.24, 2.45) is 4.99 Å². The number of pyridine rings is 1. The van der Waals surface area contributed by atoms with E-state index in [0.29, 0.717) is 5.71 Å². The highest BCUT2D eigenvalue weighted by Gasteiger charge is 2.32. The maximum atomic E-state index is 12.7. The lowest BCUT2D eigenvalue weighted by Gasteiger charge is -2.13. The van der Waals surface area contributed by atoms with Gasteiger partial charge in [0.2, 0.25) is 0 Å². The minimum atomic E-state index is -4.86. The minimum Gasteiger partial charge on any atom is -0.402 e. The first-order valence-electron chi connectivity index (χ1n) is 7.53. The van der Waals surface area contributed by atoms with Gasteiger partial charge in [-0.05, 0) is 0 Å². The van der Waals surface area contributed by atoms with Crippen LogP contribution in [-0.4, -0.2) is 17.1 Å². The molecule has 0 aliphatic heterocycles. The molecule has 0 aliphatic rings. The molecule has 0 N–H and O–H groups in total. The van der Waals surface area contributed by atoms with Gasteiger partial charge in [-0.2, -0.15) is 0 Å². The zero-order valence-corrected chi connectivity index (χ0v) is 14.0. The zero-order chi connectivity index (χ0) is 18.6. The molecule has 132 valence electrons. The normalized spacial score (nSPS) is 11.1. The lowest BCUT2D eigenvalue weighted by molar-refractivity contribution is -0.274. The van der Waals surface area contributed by atoms with E-state index in [-0.39, 0.29) is 10.8 Å². The van der Waals surface area contributed by atoms with Crippen molar-refractivity contribution in [2.45, 2.75) is 6.36 Å². The summed E-state index contributed by atoms with van der Waals surface area (Å²) in [5, 5.41) is 0.0127. The summed E-state index contributed by atoms with van der Waals surface area (Å²) in [5.74, 6) is -0.522. The van der Waals surface area contributed by atoms with Crippen LogP contribution in [0.5, 0.6) is 5.75 Å². The van der Waals surface area contributed by atoms with Gasteiger partial charge in [0.25, 0.3) is 0 Å². The summed E-state index contributed by atoms with van der Waals surface area (Å²) in [6.07, 6.45) is -3.96. The molecule has 0 aliphatic carbocycles. The minimum absolute atomic E-state index is 0.0127. The molecule has 0 unspecified atom stereocenters. The Labute approximate surface area is 152 Å². The number of halogens is 4. The molecule has 7 heteroatoms. The van der Waals surface area contributed by atoms with Crippen LogP contribution in [0.4, 0.5) is 18.9 Å². The summed E-state index contributed by atoms with van der Waals surface area (Å²) in [6, 6.07) is 19.5. The molecule has 26 heavy (non-hydrogen) atoms. The number of alkyl halides is 3. The maximum absolute atomic E-state index is 12.7. The zero-order valence-electron chi connectivity index (χ0n) is 13.2. The number of hydrogen-bond donors (Lipinski definition) is 0. The molecule has 3 aromatic rings. The van der Waals surface area contributed by atoms with E-state index in [1.807, 2.05) is 60.7 Å². The van der Waals surface area contributed by atoms with Crippen molar-refractivity contribution in [3.8, 4) is 5.75 Å². The number of hydrogen-bond acceptors (Lipinski definition) is 3. The van der Waals surface area contributed by atoms with Crippen molar-refractivity contribution in [1.82, 2.24) is 4.98 Å². The highest BCUT2D eigenvalue weighted by Crippen LogP contribution is 2.34. The van der Waals surface area contributed by atoms with Crippen LogP contribution < -0.4 is 4.74 Å². The standard InChI is InChI=1S/C19H12ClF3N2O/c20-17-11-15(16(12-24-17)26-19(21,22)23)25-18(13-7-3-1-4-8-13)14-9-5-2-6-10-14/h1-12H. The van der Waals surface area contributed by atoms with Gasteiger partial charge in [-0.25, -0.2) is 9.98 Å². The molecule has 1 heterocycles. The van der Waals surface area contributed by atoms with Gasteiger partial charge in [-0.3, -0.25) is 0 Å². The van der Waals surface area contributed by atoms with Gasteiger partial charge in [0, 0.05) is 17.2 Å². The Morgan fingerprint density at radius 2 is 1.46 bits per heavy atom. The third kappa shape index (κ3) is 4.61. The third-order valence-corrected chi connectivity index (χ3v) is 3.57. The van der Waals surface area contributed by atoms with Crippen LogP contribution in [0.25, 0.3) is 0 Å². The fraction of sp³-hybridized carbons (Fsp3) is 0.0526. The molecular weight excluding hydrogens is 365 g/mol. The highest BCUT2D eigenvalue weighted by atomic mass is 35.5. The SMILES string of the molecule is FC(F)(F)Oc1cnc(Cl)cc1N=C(c1ccccc1)c1ccccc1. The predicted molar refractivity (Wildman–Crippen MR) is 94.1 cm³/mol. The number of ether oxygens (including phenoxy) is 1. The smallest absolute Gasteiger partial charge is 0.402 e. The Morgan fingerprint density at radius 3 is 1.96 bits per heavy atom. The van der Waals surface area contributed by atoms with Crippen LogP contribution in [0.15, 0.2) is 77.9 Å². The van der Waals surface area contributed by atoms with E-state index in [1.54, 1.807) is 0 Å².